The van der Waals surface area contributed by atoms with Crippen LogP contribution >= 0.6 is 0 Å². The van der Waals surface area contributed by atoms with Crippen molar-refractivity contribution in [3.05, 3.63) is 47.8 Å². The van der Waals surface area contributed by atoms with Crippen molar-refractivity contribution in [3.8, 4) is 5.69 Å². The summed E-state index contributed by atoms with van der Waals surface area (Å²) in [4.78, 5) is 13.9. The van der Waals surface area contributed by atoms with E-state index in [1.165, 1.54) is 6.42 Å². The average Bonchev–Trinajstić information content (AvgIpc) is 3.11. The predicted molar refractivity (Wildman–Crippen MR) is 99.2 cm³/mol. The molecule has 6 heteroatoms. The van der Waals surface area contributed by atoms with Crippen molar-refractivity contribution in [2.75, 3.05) is 26.9 Å². The van der Waals surface area contributed by atoms with Crippen LogP contribution in [0.15, 0.2) is 36.7 Å². The van der Waals surface area contributed by atoms with E-state index in [-0.39, 0.29) is 18.6 Å². The summed E-state index contributed by atoms with van der Waals surface area (Å²) in [6, 6.07) is 8.09. The van der Waals surface area contributed by atoms with E-state index in [0.717, 1.165) is 36.3 Å². The van der Waals surface area contributed by atoms with E-state index in [9.17, 15) is 4.79 Å². The van der Waals surface area contributed by atoms with Gasteiger partial charge in [-0.2, -0.15) is 5.10 Å². The van der Waals surface area contributed by atoms with Crippen LogP contribution in [0.25, 0.3) is 5.69 Å². The molecule has 1 aromatic carbocycles. The van der Waals surface area contributed by atoms with Gasteiger partial charge < -0.3 is 14.4 Å². The number of carbonyl (C=O) groups excluding carboxylic acids is 1. The molecule has 1 saturated heterocycles. The van der Waals surface area contributed by atoms with Gasteiger partial charge in [-0.1, -0.05) is 18.2 Å². The van der Waals surface area contributed by atoms with Crippen molar-refractivity contribution in [1.82, 2.24) is 14.7 Å². The molecule has 0 bridgehead atoms. The highest BCUT2D eigenvalue weighted by Gasteiger charge is 2.16. The Morgan fingerprint density at radius 3 is 3.00 bits per heavy atom. The third-order valence-electron chi connectivity index (χ3n) is 4.65. The molecule has 2 heterocycles. The molecule has 1 fully saturated rings. The van der Waals surface area contributed by atoms with Crippen LogP contribution in [0, 0.1) is 6.92 Å². The standard InChI is InChI=1S/C20H27N3O3/c1-16-7-3-4-9-19(16)23-13-17(11-21-23)12-22(2)20(24)15-25-14-18-8-5-6-10-26-18/h3-4,7,9,11,13,18H,5-6,8,10,12,14-15H2,1-2H3. The van der Waals surface area contributed by atoms with Crippen molar-refractivity contribution in [2.24, 2.45) is 0 Å². The monoisotopic (exact) mass is 357 g/mol. The number of aromatic nitrogens is 2. The Hall–Kier alpha value is -2.18. The summed E-state index contributed by atoms with van der Waals surface area (Å²) in [6.45, 7) is 3.94. The highest BCUT2D eigenvalue weighted by atomic mass is 16.5. The van der Waals surface area contributed by atoms with Crippen LogP contribution in [0.5, 0.6) is 0 Å². The molecular weight excluding hydrogens is 330 g/mol. The highest BCUT2D eigenvalue weighted by Crippen LogP contribution is 2.14. The van der Waals surface area contributed by atoms with Gasteiger partial charge in [0.15, 0.2) is 0 Å². The maximum Gasteiger partial charge on any atom is 0.248 e. The number of nitrogens with zero attached hydrogens (tertiary/aromatic N) is 3. The Bertz CT molecular complexity index is 723. The number of hydrogen-bond donors (Lipinski definition) is 0. The van der Waals surface area contributed by atoms with E-state index in [1.54, 1.807) is 18.1 Å². The van der Waals surface area contributed by atoms with Gasteiger partial charge in [-0.05, 0) is 37.8 Å². The maximum atomic E-state index is 12.3. The van der Waals surface area contributed by atoms with Crippen molar-refractivity contribution >= 4 is 5.91 Å². The zero-order valence-electron chi connectivity index (χ0n) is 15.6. The molecule has 0 N–H and O–H groups in total. The lowest BCUT2D eigenvalue weighted by Crippen LogP contribution is -2.32. The van der Waals surface area contributed by atoms with E-state index >= 15 is 0 Å². The number of rotatable bonds is 7. The number of benzene rings is 1. The minimum Gasteiger partial charge on any atom is -0.376 e. The van der Waals surface area contributed by atoms with E-state index in [4.69, 9.17) is 9.47 Å². The first-order valence-electron chi connectivity index (χ1n) is 9.16. The lowest BCUT2D eigenvalue weighted by atomic mass is 10.1. The quantitative estimate of drug-likeness (QED) is 0.765. The molecule has 0 saturated carbocycles. The molecule has 0 spiro atoms. The largest absolute Gasteiger partial charge is 0.376 e. The number of aryl methyl sites for hydroxylation is 1. The van der Waals surface area contributed by atoms with Gasteiger partial charge in [0.2, 0.25) is 5.91 Å². The van der Waals surface area contributed by atoms with Gasteiger partial charge in [-0.15, -0.1) is 0 Å². The summed E-state index contributed by atoms with van der Waals surface area (Å²) in [5.74, 6) is -0.0375. The van der Waals surface area contributed by atoms with Crippen molar-refractivity contribution in [3.63, 3.8) is 0 Å². The van der Waals surface area contributed by atoms with Crippen LogP contribution in [-0.4, -0.2) is 53.6 Å². The molecule has 1 aromatic heterocycles. The van der Waals surface area contributed by atoms with Crippen molar-refractivity contribution in [2.45, 2.75) is 38.8 Å². The van der Waals surface area contributed by atoms with Gasteiger partial charge in [0.25, 0.3) is 0 Å². The Morgan fingerprint density at radius 2 is 2.23 bits per heavy atom. The number of amides is 1. The average molecular weight is 357 g/mol. The summed E-state index contributed by atoms with van der Waals surface area (Å²) in [5, 5.41) is 4.41. The van der Waals surface area contributed by atoms with Crippen molar-refractivity contribution in [1.29, 1.82) is 0 Å². The number of para-hydroxylation sites is 1. The van der Waals surface area contributed by atoms with E-state index < -0.39 is 0 Å². The van der Waals surface area contributed by atoms with Crippen LogP contribution in [0.4, 0.5) is 0 Å². The van der Waals surface area contributed by atoms with Crippen LogP contribution < -0.4 is 0 Å². The first-order chi connectivity index (χ1) is 12.6. The molecule has 0 radical (unpaired) electrons. The first-order valence-corrected chi connectivity index (χ1v) is 9.16. The smallest absolute Gasteiger partial charge is 0.248 e. The SMILES string of the molecule is Cc1ccccc1-n1cc(CN(C)C(=O)COCC2CCCCO2)cn1. The number of likely N-dealkylation sites (N-methyl/N-ethyl adjacent to an activating group) is 1. The molecule has 1 aliphatic heterocycles. The molecule has 3 rings (SSSR count). The fourth-order valence-electron chi connectivity index (χ4n) is 3.08. The molecule has 140 valence electrons. The minimum absolute atomic E-state index is 0.0375. The van der Waals surface area contributed by atoms with Crippen LogP contribution in [0.2, 0.25) is 0 Å². The Morgan fingerprint density at radius 1 is 1.38 bits per heavy atom. The third-order valence-corrected chi connectivity index (χ3v) is 4.65. The van der Waals surface area contributed by atoms with Gasteiger partial charge >= 0.3 is 0 Å². The Kier molecular flexibility index (Phi) is 6.41. The molecular formula is C20H27N3O3. The summed E-state index contributed by atoms with van der Waals surface area (Å²) in [6.07, 6.45) is 7.20. The van der Waals surface area contributed by atoms with Gasteiger partial charge in [-0.25, -0.2) is 4.68 Å². The third kappa shape index (κ3) is 4.93. The normalized spacial score (nSPS) is 17.2. The number of hydrogen-bond acceptors (Lipinski definition) is 4. The van der Waals surface area contributed by atoms with Gasteiger partial charge in [0.1, 0.15) is 6.61 Å². The number of carbonyl (C=O) groups is 1. The second kappa shape index (κ2) is 8.96. The van der Waals surface area contributed by atoms with Gasteiger partial charge in [0.05, 0.1) is 24.6 Å². The van der Waals surface area contributed by atoms with E-state index in [2.05, 4.69) is 18.1 Å². The van der Waals surface area contributed by atoms with Crippen LogP contribution in [0.1, 0.15) is 30.4 Å². The fraction of sp³-hybridized carbons (Fsp3) is 0.500. The zero-order chi connectivity index (χ0) is 18.4. The molecule has 1 aliphatic rings. The lowest BCUT2D eigenvalue weighted by molar-refractivity contribution is -0.137. The summed E-state index contributed by atoms with van der Waals surface area (Å²) >= 11 is 0. The fourth-order valence-corrected chi connectivity index (χ4v) is 3.08. The molecule has 2 aromatic rings. The van der Waals surface area contributed by atoms with E-state index in [1.807, 2.05) is 29.1 Å². The molecule has 1 atom stereocenters. The summed E-state index contributed by atoms with van der Waals surface area (Å²) in [7, 11) is 1.79. The highest BCUT2D eigenvalue weighted by molar-refractivity contribution is 5.77. The Balaban J connectivity index is 1.47. The summed E-state index contributed by atoms with van der Waals surface area (Å²) < 4.78 is 13.0. The topological polar surface area (TPSA) is 56.6 Å². The van der Waals surface area contributed by atoms with Gasteiger partial charge in [0, 0.05) is 32.0 Å². The van der Waals surface area contributed by atoms with Gasteiger partial charge in [-0.3, -0.25) is 4.79 Å². The zero-order valence-corrected chi connectivity index (χ0v) is 15.6. The molecule has 26 heavy (non-hydrogen) atoms. The Labute approximate surface area is 154 Å². The predicted octanol–water partition coefficient (Wildman–Crippen LogP) is 2.72. The minimum atomic E-state index is -0.0375. The second-order valence-corrected chi connectivity index (χ2v) is 6.83. The maximum absolute atomic E-state index is 12.3. The van der Waals surface area contributed by atoms with Crippen LogP contribution in [-0.2, 0) is 20.8 Å². The van der Waals surface area contributed by atoms with Crippen molar-refractivity contribution < 1.29 is 14.3 Å². The second-order valence-electron chi connectivity index (χ2n) is 6.83. The van der Waals surface area contributed by atoms with Crippen LogP contribution in [0.3, 0.4) is 0 Å². The lowest BCUT2D eigenvalue weighted by Gasteiger charge is -2.23. The molecule has 0 aliphatic carbocycles. The number of ether oxygens (including phenoxy) is 2. The first kappa shape index (κ1) is 18.6. The molecule has 1 unspecified atom stereocenters. The van der Waals surface area contributed by atoms with E-state index in [0.29, 0.717) is 13.2 Å². The summed E-state index contributed by atoms with van der Waals surface area (Å²) in [5.41, 5.74) is 3.19. The molecule has 1 amide bonds. The molecule has 6 nitrogen and oxygen atoms in total.